The number of amidine groups is 1. The van der Waals surface area contributed by atoms with Gasteiger partial charge in [-0.05, 0) is 52.0 Å². The molecule has 4 rings (SSSR count). The van der Waals surface area contributed by atoms with Crippen molar-refractivity contribution in [3.05, 3.63) is 64.2 Å². The quantitative estimate of drug-likeness (QED) is 0.477. The summed E-state index contributed by atoms with van der Waals surface area (Å²) >= 11 is 6.15. The van der Waals surface area contributed by atoms with Crippen LogP contribution in [0, 0.1) is 17.1 Å². The highest BCUT2D eigenvalue weighted by molar-refractivity contribution is 6.30. The molecule has 39 heavy (non-hydrogen) atoms. The molecular weight excluding hydrogens is 541 g/mol. The molecule has 1 unspecified atom stereocenters. The lowest BCUT2D eigenvalue weighted by Crippen LogP contribution is -2.44. The van der Waals surface area contributed by atoms with Gasteiger partial charge in [-0.1, -0.05) is 11.6 Å². The van der Waals surface area contributed by atoms with Crippen molar-refractivity contribution in [3.63, 3.8) is 0 Å². The predicted octanol–water partition coefficient (Wildman–Crippen LogP) is 4.59. The minimum Gasteiger partial charge on any atom is -0.444 e. The third kappa shape index (κ3) is 5.73. The summed E-state index contributed by atoms with van der Waals surface area (Å²) in [5, 5.41) is 18.0. The van der Waals surface area contributed by atoms with Gasteiger partial charge in [-0.3, -0.25) is 15.1 Å². The first kappa shape index (κ1) is 27.6. The number of halogens is 4. The summed E-state index contributed by atoms with van der Waals surface area (Å²) in [5.41, 5.74) is -2.47. The number of imidazole rings is 1. The minimum atomic E-state index is -2.92. The van der Waals surface area contributed by atoms with Crippen LogP contribution in [0.25, 0.3) is 0 Å². The van der Waals surface area contributed by atoms with E-state index in [0.29, 0.717) is 4.68 Å². The molecule has 0 fully saturated rings. The van der Waals surface area contributed by atoms with Crippen molar-refractivity contribution < 1.29 is 27.5 Å². The van der Waals surface area contributed by atoms with E-state index >= 15 is 4.39 Å². The van der Waals surface area contributed by atoms with Crippen LogP contribution < -0.4 is 10.6 Å². The highest BCUT2D eigenvalue weighted by Gasteiger charge is 2.39. The summed E-state index contributed by atoms with van der Waals surface area (Å²) in [6, 6.07) is 6.72. The van der Waals surface area contributed by atoms with Crippen molar-refractivity contribution in [2.24, 2.45) is 4.99 Å². The number of carbonyl (C=O) groups is 2. The first-order valence-electron chi connectivity index (χ1n) is 11.4. The molecule has 1 aliphatic rings. The van der Waals surface area contributed by atoms with Gasteiger partial charge in [-0.25, -0.2) is 18.9 Å². The molecule has 15 heteroatoms. The van der Waals surface area contributed by atoms with E-state index in [1.165, 1.54) is 16.7 Å². The third-order valence-electron chi connectivity index (χ3n) is 5.53. The average Bonchev–Trinajstić information content (AvgIpc) is 3.44. The standard InChI is InChI=1S/C24H22ClF3N8O3/c1-23(2,3)39-22(38)32-18-19-31-17(25)16(10-29)35(19)11-24(4,33-18)13-9-12(5-6-14(13)26)30-20(37)15-7-8-36(34-15)21(27)28/h5-9,21H,11H2,1-4H3,(H,30,37)(H,32,33,38). The zero-order valence-corrected chi connectivity index (χ0v) is 21.8. The number of rotatable bonds is 4. The number of nitrogens with one attached hydrogen (secondary N) is 2. The molecule has 0 saturated carbocycles. The second-order valence-corrected chi connectivity index (χ2v) is 10.1. The molecule has 2 aromatic heterocycles. The van der Waals surface area contributed by atoms with Gasteiger partial charge in [0.15, 0.2) is 28.2 Å². The first-order chi connectivity index (χ1) is 18.2. The Morgan fingerprint density at radius 2 is 1.97 bits per heavy atom. The number of ether oxygens (including phenoxy) is 1. The van der Waals surface area contributed by atoms with Gasteiger partial charge in [0.05, 0.1) is 6.54 Å². The van der Waals surface area contributed by atoms with Crippen LogP contribution in [0.15, 0.2) is 35.5 Å². The van der Waals surface area contributed by atoms with Gasteiger partial charge in [0.1, 0.15) is 23.0 Å². The van der Waals surface area contributed by atoms with Crippen molar-refractivity contribution in [2.45, 2.75) is 51.9 Å². The van der Waals surface area contributed by atoms with E-state index < -0.39 is 35.5 Å². The van der Waals surface area contributed by atoms with Gasteiger partial charge < -0.3 is 14.6 Å². The molecule has 0 radical (unpaired) electrons. The van der Waals surface area contributed by atoms with Gasteiger partial charge in [0.2, 0.25) is 0 Å². The lowest BCUT2D eigenvalue weighted by Gasteiger charge is -2.33. The number of aliphatic imine (C=N–C) groups is 1. The molecule has 0 spiro atoms. The number of anilines is 1. The maximum absolute atomic E-state index is 15.2. The van der Waals surface area contributed by atoms with E-state index in [2.05, 4.69) is 25.7 Å². The average molecular weight is 563 g/mol. The maximum Gasteiger partial charge on any atom is 0.413 e. The van der Waals surface area contributed by atoms with Crippen LogP contribution in [0.5, 0.6) is 0 Å². The number of alkyl carbamates (subject to hydrolysis) is 1. The van der Waals surface area contributed by atoms with Crippen LogP contribution in [0.1, 0.15) is 61.8 Å². The number of aromatic nitrogens is 4. The van der Waals surface area contributed by atoms with Crippen molar-refractivity contribution in [3.8, 4) is 6.07 Å². The number of hydrogen-bond acceptors (Lipinski definition) is 7. The van der Waals surface area contributed by atoms with E-state index in [1.807, 2.05) is 6.07 Å². The monoisotopic (exact) mass is 562 g/mol. The highest BCUT2D eigenvalue weighted by atomic mass is 35.5. The molecule has 3 heterocycles. The van der Waals surface area contributed by atoms with Crippen molar-refractivity contribution in [1.82, 2.24) is 24.6 Å². The molecule has 11 nitrogen and oxygen atoms in total. The highest BCUT2D eigenvalue weighted by Crippen LogP contribution is 2.36. The Bertz CT molecular complexity index is 1540. The van der Waals surface area contributed by atoms with E-state index in [1.54, 1.807) is 27.7 Å². The second-order valence-electron chi connectivity index (χ2n) is 9.74. The summed E-state index contributed by atoms with van der Waals surface area (Å²) in [6.07, 6.45) is 0.0900. The van der Waals surface area contributed by atoms with Crippen LogP contribution in [0.4, 0.5) is 23.7 Å². The Kier molecular flexibility index (Phi) is 7.14. The van der Waals surface area contributed by atoms with Gasteiger partial charge >= 0.3 is 12.6 Å². The zero-order chi connectivity index (χ0) is 28.7. The summed E-state index contributed by atoms with van der Waals surface area (Å²) in [6.45, 7) is 3.53. The van der Waals surface area contributed by atoms with E-state index in [9.17, 15) is 23.6 Å². The normalized spacial score (nSPS) is 16.8. The number of hydrogen-bond donors (Lipinski definition) is 2. The van der Waals surface area contributed by atoms with Gasteiger partial charge in [-0.2, -0.15) is 19.1 Å². The molecule has 2 amide bonds. The van der Waals surface area contributed by atoms with Crippen molar-refractivity contribution in [2.75, 3.05) is 5.32 Å². The van der Waals surface area contributed by atoms with Crippen LogP contribution in [-0.4, -0.2) is 42.8 Å². The largest absolute Gasteiger partial charge is 0.444 e. The zero-order valence-electron chi connectivity index (χ0n) is 21.1. The SMILES string of the molecule is CC(C)(C)OC(=O)NC1=NC(C)(c2cc(NC(=O)c3ccn(C(F)F)n3)ccc2F)Cn2c1nc(Cl)c2C#N. The molecule has 0 aliphatic carbocycles. The van der Waals surface area contributed by atoms with Crippen molar-refractivity contribution >= 4 is 35.1 Å². The predicted molar refractivity (Wildman–Crippen MR) is 133 cm³/mol. The number of nitriles is 1. The number of nitrogens with zero attached hydrogens (tertiary/aromatic N) is 6. The number of fused-ring (bicyclic) bond motifs is 1. The Balaban J connectivity index is 1.72. The van der Waals surface area contributed by atoms with Crippen LogP contribution in [0.3, 0.4) is 0 Å². The molecule has 0 saturated heterocycles. The summed E-state index contributed by atoms with van der Waals surface area (Å²) < 4.78 is 47.9. The van der Waals surface area contributed by atoms with Gasteiger partial charge in [0.25, 0.3) is 5.91 Å². The van der Waals surface area contributed by atoms with E-state index in [-0.39, 0.29) is 46.0 Å². The molecule has 1 aromatic carbocycles. The summed E-state index contributed by atoms with van der Waals surface area (Å²) in [4.78, 5) is 33.8. The lowest BCUT2D eigenvalue weighted by atomic mass is 9.90. The van der Waals surface area contributed by atoms with Crippen LogP contribution in [-0.2, 0) is 16.8 Å². The topological polar surface area (TPSA) is 139 Å². The lowest BCUT2D eigenvalue weighted by molar-refractivity contribution is 0.0553. The Labute approximate surface area is 225 Å². The Morgan fingerprint density at radius 1 is 1.26 bits per heavy atom. The Hall–Kier alpha value is -4.38. The van der Waals surface area contributed by atoms with Gasteiger partial charge in [0, 0.05) is 17.4 Å². The van der Waals surface area contributed by atoms with Crippen LogP contribution >= 0.6 is 11.6 Å². The fourth-order valence-corrected chi connectivity index (χ4v) is 4.14. The molecule has 1 atom stereocenters. The third-order valence-corrected chi connectivity index (χ3v) is 5.80. The Morgan fingerprint density at radius 3 is 2.59 bits per heavy atom. The smallest absolute Gasteiger partial charge is 0.413 e. The van der Waals surface area contributed by atoms with Crippen molar-refractivity contribution in [1.29, 1.82) is 5.26 Å². The maximum atomic E-state index is 15.2. The molecule has 3 aromatic rings. The second kappa shape index (κ2) is 10.1. The fraction of sp³-hybridized carbons (Fsp3) is 0.333. The number of alkyl halides is 2. The molecule has 1 aliphatic heterocycles. The van der Waals surface area contributed by atoms with Gasteiger partial charge in [-0.15, -0.1) is 0 Å². The number of amides is 2. The van der Waals surface area contributed by atoms with E-state index in [0.717, 1.165) is 18.3 Å². The van der Waals surface area contributed by atoms with E-state index in [4.69, 9.17) is 16.3 Å². The molecule has 2 N–H and O–H groups in total. The fourth-order valence-electron chi connectivity index (χ4n) is 3.91. The number of benzene rings is 1. The molecular formula is C24H22ClF3N8O3. The number of carbonyl (C=O) groups excluding carboxylic acids is 2. The molecule has 0 bridgehead atoms. The summed E-state index contributed by atoms with van der Waals surface area (Å²) in [7, 11) is 0. The molecule has 204 valence electrons. The minimum absolute atomic E-state index is 0.0127. The van der Waals surface area contributed by atoms with Crippen LogP contribution in [0.2, 0.25) is 5.15 Å². The first-order valence-corrected chi connectivity index (χ1v) is 11.8. The summed E-state index contributed by atoms with van der Waals surface area (Å²) in [5.74, 6) is -1.55.